The molecular weight excluding hydrogens is 330 g/mol. The molecule has 4 heterocycles. The van der Waals surface area contributed by atoms with Crippen LogP contribution >= 0.6 is 0 Å². The van der Waals surface area contributed by atoms with Gasteiger partial charge in [-0.3, -0.25) is 14.0 Å². The second-order valence-electron chi connectivity index (χ2n) is 6.30. The van der Waals surface area contributed by atoms with E-state index in [1.54, 1.807) is 30.6 Å². The summed E-state index contributed by atoms with van der Waals surface area (Å²) in [5, 5.41) is 2.80. The van der Waals surface area contributed by atoms with Crippen LogP contribution < -0.4 is 15.8 Å². The molecule has 0 aliphatic carbocycles. The highest BCUT2D eigenvalue weighted by Crippen LogP contribution is 2.18. The Hall–Kier alpha value is -3.22. The third-order valence-corrected chi connectivity index (χ3v) is 4.55. The van der Waals surface area contributed by atoms with Crippen molar-refractivity contribution in [1.29, 1.82) is 0 Å². The molecule has 0 bridgehead atoms. The normalized spacial score (nSPS) is 13.9. The minimum absolute atomic E-state index is 0.0301. The number of nitrogens with one attached hydrogen (secondary N) is 1. The van der Waals surface area contributed by atoms with Crippen molar-refractivity contribution in [2.24, 2.45) is 0 Å². The summed E-state index contributed by atoms with van der Waals surface area (Å²) < 4.78 is 1.37. The molecule has 1 saturated heterocycles. The molecule has 7 nitrogen and oxygen atoms in total. The number of amides is 1. The standard InChI is InChI=1S/C19H19N5O2/c25-18(15-13-21-16-5-1-2-10-24(16)19(15)26)22-12-14-6-7-20-17(11-14)23-8-3-4-9-23/h1-2,5-7,10-11,13H,3-4,8-9,12H2,(H,22,25). The Balaban J connectivity index is 1.50. The molecule has 0 atom stereocenters. The van der Waals surface area contributed by atoms with Gasteiger partial charge in [0.2, 0.25) is 0 Å². The fraction of sp³-hybridized carbons (Fsp3) is 0.263. The molecule has 1 amide bonds. The van der Waals surface area contributed by atoms with Gasteiger partial charge >= 0.3 is 0 Å². The van der Waals surface area contributed by atoms with Crippen LogP contribution in [0.25, 0.3) is 5.65 Å². The zero-order valence-corrected chi connectivity index (χ0v) is 14.3. The van der Waals surface area contributed by atoms with Crippen molar-refractivity contribution in [3.8, 4) is 0 Å². The molecule has 3 aromatic rings. The van der Waals surface area contributed by atoms with Crippen LogP contribution in [0.15, 0.2) is 53.7 Å². The van der Waals surface area contributed by atoms with Crippen molar-refractivity contribution >= 4 is 17.4 Å². The van der Waals surface area contributed by atoms with Gasteiger partial charge in [-0.25, -0.2) is 9.97 Å². The first-order valence-corrected chi connectivity index (χ1v) is 8.67. The van der Waals surface area contributed by atoms with Gasteiger partial charge in [-0.05, 0) is 42.7 Å². The first-order valence-electron chi connectivity index (χ1n) is 8.67. The summed E-state index contributed by atoms with van der Waals surface area (Å²) in [5.41, 5.74) is 1.12. The monoisotopic (exact) mass is 349 g/mol. The molecule has 26 heavy (non-hydrogen) atoms. The largest absolute Gasteiger partial charge is 0.357 e. The summed E-state index contributed by atoms with van der Waals surface area (Å²) in [6, 6.07) is 9.10. The van der Waals surface area contributed by atoms with Crippen LogP contribution in [0.4, 0.5) is 5.82 Å². The van der Waals surface area contributed by atoms with Crippen LogP contribution in [0.3, 0.4) is 0 Å². The molecule has 0 spiro atoms. The number of carbonyl (C=O) groups excluding carboxylic acids is 1. The predicted octanol–water partition coefficient (Wildman–Crippen LogP) is 1.62. The van der Waals surface area contributed by atoms with Gasteiger partial charge < -0.3 is 10.2 Å². The lowest BCUT2D eigenvalue weighted by molar-refractivity contribution is 0.0949. The van der Waals surface area contributed by atoms with Crippen molar-refractivity contribution in [2.45, 2.75) is 19.4 Å². The number of fused-ring (bicyclic) bond motifs is 1. The second-order valence-corrected chi connectivity index (χ2v) is 6.30. The molecule has 4 rings (SSSR count). The molecule has 0 aromatic carbocycles. The summed E-state index contributed by atoms with van der Waals surface area (Å²) in [4.78, 5) is 35.7. The highest BCUT2D eigenvalue weighted by Gasteiger charge is 2.15. The number of nitrogens with zero attached hydrogens (tertiary/aromatic N) is 4. The SMILES string of the molecule is O=C(NCc1ccnc(N2CCCC2)c1)c1cnc2ccccn2c1=O. The Morgan fingerprint density at radius 1 is 1.15 bits per heavy atom. The topological polar surface area (TPSA) is 79.6 Å². The average molecular weight is 349 g/mol. The lowest BCUT2D eigenvalue weighted by Gasteiger charge is -2.17. The van der Waals surface area contributed by atoms with Gasteiger partial charge in [-0.1, -0.05) is 6.07 Å². The van der Waals surface area contributed by atoms with Crippen LogP contribution in [0.1, 0.15) is 28.8 Å². The minimum atomic E-state index is -0.430. The number of carbonyl (C=O) groups is 1. The fourth-order valence-electron chi connectivity index (χ4n) is 3.15. The third-order valence-electron chi connectivity index (χ3n) is 4.55. The summed E-state index contributed by atoms with van der Waals surface area (Å²) >= 11 is 0. The van der Waals surface area contributed by atoms with Gasteiger partial charge in [-0.2, -0.15) is 0 Å². The van der Waals surface area contributed by atoms with Gasteiger partial charge in [0.05, 0.1) is 0 Å². The van der Waals surface area contributed by atoms with Crippen molar-refractivity contribution in [2.75, 3.05) is 18.0 Å². The summed E-state index contributed by atoms with van der Waals surface area (Å²) in [5.74, 6) is 0.502. The van der Waals surface area contributed by atoms with Crippen LogP contribution in [-0.4, -0.2) is 33.4 Å². The average Bonchev–Trinajstić information content (AvgIpc) is 3.22. The van der Waals surface area contributed by atoms with E-state index in [2.05, 4.69) is 20.2 Å². The molecule has 0 saturated carbocycles. The van der Waals surface area contributed by atoms with E-state index >= 15 is 0 Å². The third kappa shape index (κ3) is 3.15. The first kappa shape index (κ1) is 16.3. The van der Waals surface area contributed by atoms with Gasteiger partial charge in [0.1, 0.15) is 17.0 Å². The maximum atomic E-state index is 12.5. The molecule has 0 radical (unpaired) electrons. The van der Waals surface area contributed by atoms with E-state index in [-0.39, 0.29) is 11.1 Å². The summed E-state index contributed by atoms with van der Waals surface area (Å²) in [6.07, 6.45) is 7.05. The molecule has 0 unspecified atom stereocenters. The Bertz CT molecular complexity index is 1010. The summed E-state index contributed by atoms with van der Waals surface area (Å²) in [7, 11) is 0. The van der Waals surface area contributed by atoms with E-state index in [0.29, 0.717) is 12.2 Å². The number of anilines is 1. The Kier molecular flexibility index (Phi) is 4.35. The highest BCUT2D eigenvalue weighted by atomic mass is 16.2. The Morgan fingerprint density at radius 2 is 2.00 bits per heavy atom. The quantitative estimate of drug-likeness (QED) is 0.774. The van der Waals surface area contributed by atoms with Gasteiger partial charge in [0.25, 0.3) is 11.5 Å². The molecule has 7 heteroatoms. The number of rotatable bonds is 4. The van der Waals surface area contributed by atoms with E-state index in [4.69, 9.17) is 0 Å². The number of hydrogen-bond acceptors (Lipinski definition) is 5. The van der Waals surface area contributed by atoms with Crippen LogP contribution in [0, 0.1) is 0 Å². The van der Waals surface area contributed by atoms with Crippen LogP contribution in [0.5, 0.6) is 0 Å². The van der Waals surface area contributed by atoms with Gasteiger partial charge in [0.15, 0.2) is 0 Å². The fourth-order valence-corrected chi connectivity index (χ4v) is 3.15. The van der Waals surface area contributed by atoms with E-state index in [0.717, 1.165) is 24.5 Å². The molecule has 3 aromatic heterocycles. The summed E-state index contributed by atoms with van der Waals surface area (Å²) in [6.45, 7) is 2.36. The van der Waals surface area contributed by atoms with Gasteiger partial charge in [-0.15, -0.1) is 0 Å². The molecule has 1 aliphatic rings. The molecule has 1 N–H and O–H groups in total. The van der Waals surface area contributed by atoms with E-state index in [1.165, 1.54) is 23.4 Å². The smallest absolute Gasteiger partial charge is 0.270 e. The Morgan fingerprint density at radius 3 is 2.85 bits per heavy atom. The van der Waals surface area contributed by atoms with Crippen molar-refractivity contribution in [3.05, 3.63) is 70.4 Å². The van der Waals surface area contributed by atoms with E-state index in [9.17, 15) is 9.59 Å². The van der Waals surface area contributed by atoms with Crippen LogP contribution in [-0.2, 0) is 6.54 Å². The maximum absolute atomic E-state index is 12.5. The first-order chi connectivity index (χ1) is 12.7. The molecule has 1 aliphatic heterocycles. The lowest BCUT2D eigenvalue weighted by atomic mass is 10.2. The molecule has 1 fully saturated rings. The lowest BCUT2D eigenvalue weighted by Crippen LogP contribution is -2.31. The number of pyridine rings is 2. The highest BCUT2D eigenvalue weighted by molar-refractivity contribution is 5.93. The van der Waals surface area contributed by atoms with Crippen molar-refractivity contribution in [3.63, 3.8) is 0 Å². The second kappa shape index (κ2) is 6.95. The van der Waals surface area contributed by atoms with E-state index < -0.39 is 5.91 Å². The zero-order chi connectivity index (χ0) is 17.9. The number of hydrogen-bond donors (Lipinski definition) is 1. The number of aromatic nitrogens is 3. The Labute approximate surface area is 150 Å². The predicted molar refractivity (Wildman–Crippen MR) is 98.3 cm³/mol. The minimum Gasteiger partial charge on any atom is -0.357 e. The molecule has 132 valence electrons. The van der Waals surface area contributed by atoms with Crippen molar-refractivity contribution < 1.29 is 4.79 Å². The van der Waals surface area contributed by atoms with E-state index in [1.807, 2.05) is 12.1 Å². The maximum Gasteiger partial charge on any atom is 0.270 e. The van der Waals surface area contributed by atoms with Crippen molar-refractivity contribution in [1.82, 2.24) is 19.7 Å². The zero-order valence-electron chi connectivity index (χ0n) is 14.3. The van der Waals surface area contributed by atoms with Crippen LogP contribution in [0.2, 0.25) is 0 Å². The molecular formula is C19H19N5O2. The van der Waals surface area contributed by atoms with Gasteiger partial charge in [0, 0.05) is 38.2 Å².